The number of nitrogens with one attached hydrogen (secondary N) is 3. The molecule has 2 aromatic carbocycles. The van der Waals surface area contributed by atoms with Gasteiger partial charge in [0.1, 0.15) is 5.75 Å². The van der Waals surface area contributed by atoms with Gasteiger partial charge in [-0.25, -0.2) is 0 Å². The summed E-state index contributed by atoms with van der Waals surface area (Å²) in [5.41, 5.74) is 2.79. The lowest BCUT2D eigenvalue weighted by atomic mass is 9.95. The van der Waals surface area contributed by atoms with Gasteiger partial charge in [0.05, 0.1) is 18.7 Å². The van der Waals surface area contributed by atoms with Crippen LogP contribution in [0.1, 0.15) is 18.5 Å². The standard InChI is InChI=1S/C19H18ClN3O2S/c1-11-16(18(24)22-14-6-8-15(25-2)9-7-14)17(23-19(26)21-11)12-4-3-5-13(20)10-12/h3-10,17H,1-2H3,(H,22,24)(H2,21,23,26)/t17-/m1/s1. The van der Waals surface area contributed by atoms with Crippen LogP contribution in [-0.2, 0) is 4.79 Å². The maximum absolute atomic E-state index is 13.0. The van der Waals surface area contributed by atoms with Crippen molar-refractivity contribution in [3.8, 4) is 5.75 Å². The molecule has 0 saturated heterocycles. The van der Waals surface area contributed by atoms with Gasteiger partial charge in [0.15, 0.2) is 5.11 Å². The van der Waals surface area contributed by atoms with Gasteiger partial charge in [-0.3, -0.25) is 4.79 Å². The van der Waals surface area contributed by atoms with Gasteiger partial charge in [0.25, 0.3) is 5.91 Å². The average Bonchev–Trinajstić information content (AvgIpc) is 2.61. The first-order chi connectivity index (χ1) is 12.5. The molecule has 7 heteroatoms. The highest BCUT2D eigenvalue weighted by Crippen LogP contribution is 2.29. The van der Waals surface area contributed by atoms with Crippen LogP contribution >= 0.6 is 23.8 Å². The highest BCUT2D eigenvalue weighted by molar-refractivity contribution is 7.80. The van der Waals surface area contributed by atoms with Crippen LogP contribution in [0.5, 0.6) is 5.75 Å². The number of hydrogen-bond donors (Lipinski definition) is 3. The topological polar surface area (TPSA) is 62.4 Å². The van der Waals surface area contributed by atoms with Gasteiger partial charge in [0.2, 0.25) is 0 Å². The van der Waals surface area contributed by atoms with Gasteiger partial charge in [-0.2, -0.15) is 0 Å². The van der Waals surface area contributed by atoms with E-state index >= 15 is 0 Å². The molecule has 3 N–H and O–H groups in total. The second kappa shape index (κ2) is 7.76. The van der Waals surface area contributed by atoms with E-state index in [2.05, 4.69) is 16.0 Å². The van der Waals surface area contributed by atoms with E-state index in [0.29, 0.717) is 27.1 Å². The minimum Gasteiger partial charge on any atom is -0.497 e. The fourth-order valence-corrected chi connectivity index (χ4v) is 3.27. The zero-order valence-corrected chi connectivity index (χ0v) is 15.9. The predicted molar refractivity (Wildman–Crippen MR) is 107 cm³/mol. The molecule has 0 aromatic heterocycles. The van der Waals surface area contributed by atoms with Crippen molar-refractivity contribution in [1.29, 1.82) is 0 Å². The van der Waals surface area contributed by atoms with Crippen molar-refractivity contribution in [1.82, 2.24) is 10.6 Å². The van der Waals surface area contributed by atoms with E-state index in [4.69, 9.17) is 28.6 Å². The minimum absolute atomic E-state index is 0.222. The Balaban J connectivity index is 1.91. The molecule has 0 aliphatic carbocycles. The first-order valence-electron chi connectivity index (χ1n) is 7.97. The summed E-state index contributed by atoms with van der Waals surface area (Å²) in [6.45, 7) is 1.83. The van der Waals surface area contributed by atoms with Crippen molar-refractivity contribution >= 4 is 40.5 Å². The van der Waals surface area contributed by atoms with Gasteiger partial charge in [-0.1, -0.05) is 23.7 Å². The number of anilines is 1. The Morgan fingerprint density at radius 3 is 2.62 bits per heavy atom. The summed E-state index contributed by atoms with van der Waals surface area (Å²) in [5, 5.41) is 10.1. The highest BCUT2D eigenvalue weighted by atomic mass is 35.5. The summed E-state index contributed by atoms with van der Waals surface area (Å²) in [5.74, 6) is 0.502. The third kappa shape index (κ3) is 3.98. The third-order valence-corrected chi connectivity index (χ3v) is 4.50. The molecule has 3 rings (SSSR count). The molecule has 0 saturated carbocycles. The third-order valence-electron chi connectivity index (χ3n) is 4.04. The number of benzene rings is 2. The minimum atomic E-state index is -0.388. The lowest BCUT2D eigenvalue weighted by molar-refractivity contribution is -0.113. The molecular weight excluding hydrogens is 370 g/mol. The van der Waals surface area contributed by atoms with E-state index in [1.807, 2.05) is 25.1 Å². The van der Waals surface area contributed by atoms with Crippen LogP contribution < -0.4 is 20.7 Å². The maximum atomic E-state index is 13.0. The van der Waals surface area contributed by atoms with Crippen molar-refractivity contribution in [3.05, 3.63) is 70.4 Å². The number of halogens is 1. The Hall–Kier alpha value is -2.57. The second-order valence-corrected chi connectivity index (χ2v) is 6.65. The zero-order valence-electron chi connectivity index (χ0n) is 14.3. The molecule has 0 fully saturated rings. The predicted octanol–water partition coefficient (Wildman–Crippen LogP) is 3.78. The first kappa shape index (κ1) is 18.2. The summed E-state index contributed by atoms with van der Waals surface area (Å²) in [6, 6.07) is 14.1. The Kier molecular flexibility index (Phi) is 5.44. The molecule has 1 atom stereocenters. The Morgan fingerprint density at radius 1 is 1.23 bits per heavy atom. The number of ether oxygens (including phenoxy) is 1. The summed E-state index contributed by atoms with van der Waals surface area (Å²) >= 11 is 11.4. The van der Waals surface area contributed by atoms with E-state index in [-0.39, 0.29) is 11.9 Å². The van der Waals surface area contributed by atoms with Crippen LogP contribution in [0.25, 0.3) is 0 Å². The number of allylic oxidation sites excluding steroid dienone is 1. The Bertz CT molecular complexity index is 881. The normalized spacial score (nSPS) is 16.6. The number of amides is 1. The van der Waals surface area contributed by atoms with Crippen LogP contribution in [0.4, 0.5) is 5.69 Å². The van der Waals surface area contributed by atoms with Crippen LogP contribution in [0, 0.1) is 0 Å². The average molecular weight is 388 g/mol. The number of rotatable bonds is 4. The van der Waals surface area contributed by atoms with Gasteiger partial charge < -0.3 is 20.7 Å². The molecule has 134 valence electrons. The molecule has 26 heavy (non-hydrogen) atoms. The fourth-order valence-electron chi connectivity index (χ4n) is 2.80. The van der Waals surface area contributed by atoms with Crippen LogP contribution in [0.2, 0.25) is 5.02 Å². The number of carbonyl (C=O) groups excluding carboxylic acids is 1. The second-order valence-electron chi connectivity index (χ2n) is 5.81. The van der Waals surface area contributed by atoms with Crippen molar-refractivity contribution in [2.24, 2.45) is 0 Å². The smallest absolute Gasteiger partial charge is 0.255 e. The summed E-state index contributed by atoms with van der Waals surface area (Å²) < 4.78 is 5.14. The summed E-state index contributed by atoms with van der Waals surface area (Å²) in [4.78, 5) is 13.0. The highest BCUT2D eigenvalue weighted by Gasteiger charge is 2.30. The molecule has 1 heterocycles. The fraction of sp³-hybridized carbons (Fsp3) is 0.158. The number of carbonyl (C=O) groups is 1. The van der Waals surface area contributed by atoms with Crippen molar-refractivity contribution in [2.75, 3.05) is 12.4 Å². The SMILES string of the molecule is COc1ccc(NC(=O)C2=C(C)NC(=S)N[C@@H]2c2cccc(Cl)c2)cc1. The molecule has 1 aliphatic heterocycles. The molecular formula is C19H18ClN3O2S. The Labute approximate surface area is 162 Å². The molecule has 1 aliphatic rings. The van der Waals surface area contributed by atoms with Crippen molar-refractivity contribution < 1.29 is 9.53 Å². The van der Waals surface area contributed by atoms with Crippen molar-refractivity contribution in [2.45, 2.75) is 13.0 Å². The lowest BCUT2D eigenvalue weighted by Gasteiger charge is -2.30. The number of hydrogen-bond acceptors (Lipinski definition) is 3. The molecule has 0 radical (unpaired) electrons. The zero-order chi connectivity index (χ0) is 18.7. The monoisotopic (exact) mass is 387 g/mol. The van der Waals surface area contributed by atoms with E-state index in [9.17, 15) is 4.79 Å². The van der Waals surface area contributed by atoms with E-state index in [0.717, 1.165) is 11.3 Å². The van der Waals surface area contributed by atoms with Crippen LogP contribution in [-0.4, -0.2) is 18.1 Å². The van der Waals surface area contributed by atoms with Gasteiger partial charge >= 0.3 is 0 Å². The van der Waals surface area contributed by atoms with E-state index in [1.54, 1.807) is 37.4 Å². The lowest BCUT2D eigenvalue weighted by Crippen LogP contribution is -2.45. The molecule has 2 aromatic rings. The van der Waals surface area contributed by atoms with E-state index < -0.39 is 0 Å². The molecule has 0 unspecified atom stereocenters. The first-order valence-corrected chi connectivity index (χ1v) is 8.75. The quantitative estimate of drug-likeness (QED) is 0.697. The largest absolute Gasteiger partial charge is 0.497 e. The summed E-state index contributed by atoms with van der Waals surface area (Å²) in [7, 11) is 1.60. The number of thiocarbonyl (C=S) groups is 1. The Morgan fingerprint density at radius 2 is 1.96 bits per heavy atom. The maximum Gasteiger partial charge on any atom is 0.255 e. The molecule has 0 spiro atoms. The van der Waals surface area contributed by atoms with Gasteiger partial charge in [-0.05, 0) is 61.1 Å². The molecule has 1 amide bonds. The summed E-state index contributed by atoms with van der Waals surface area (Å²) in [6.07, 6.45) is 0. The van der Waals surface area contributed by atoms with Crippen LogP contribution in [0.3, 0.4) is 0 Å². The van der Waals surface area contributed by atoms with Crippen molar-refractivity contribution in [3.63, 3.8) is 0 Å². The van der Waals surface area contributed by atoms with E-state index in [1.165, 1.54) is 0 Å². The van der Waals surface area contributed by atoms with Gasteiger partial charge in [0, 0.05) is 16.4 Å². The van der Waals surface area contributed by atoms with Crippen LogP contribution in [0.15, 0.2) is 59.8 Å². The van der Waals surface area contributed by atoms with Gasteiger partial charge in [-0.15, -0.1) is 0 Å². The molecule has 0 bridgehead atoms. The number of methoxy groups -OCH3 is 1. The molecule has 5 nitrogen and oxygen atoms in total.